The molecule has 162 valence electrons. The van der Waals surface area contributed by atoms with Gasteiger partial charge in [0.1, 0.15) is 0 Å². The molecule has 2 heterocycles. The van der Waals surface area contributed by atoms with E-state index in [0.29, 0.717) is 24.6 Å². The number of nitrogens with one attached hydrogen (secondary N) is 2. The maximum absolute atomic E-state index is 12.5. The van der Waals surface area contributed by atoms with E-state index in [1.807, 2.05) is 29.2 Å². The van der Waals surface area contributed by atoms with Gasteiger partial charge in [-0.25, -0.2) is 0 Å². The highest BCUT2D eigenvalue weighted by atomic mass is 35.5. The van der Waals surface area contributed by atoms with Crippen LogP contribution in [0, 0.1) is 0 Å². The Kier molecular flexibility index (Phi) is 8.49. The van der Waals surface area contributed by atoms with Gasteiger partial charge < -0.3 is 15.5 Å². The number of nitrogens with zero attached hydrogens (tertiary/aromatic N) is 2. The Morgan fingerprint density at radius 1 is 1.10 bits per heavy atom. The largest absolute Gasteiger partial charge is 0.352 e. The van der Waals surface area contributed by atoms with Crippen molar-refractivity contribution in [1.82, 2.24) is 20.4 Å². The zero-order valence-electron chi connectivity index (χ0n) is 17.9. The summed E-state index contributed by atoms with van der Waals surface area (Å²) in [4.78, 5) is 29.3. The van der Waals surface area contributed by atoms with E-state index in [2.05, 4.69) is 36.3 Å². The summed E-state index contributed by atoms with van der Waals surface area (Å²) in [6.07, 6.45) is 1.41. The zero-order valence-corrected chi connectivity index (χ0v) is 18.7. The molecule has 0 bridgehead atoms. The molecule has 0 aromatic heterocycles. The van der Waals surface area contributed by atoms with Crippen molar-refractivity contribution in [3.05, 3.63) is 35.4 Å². The van der Waals surface area contributed by atoms with E-state index in [4.69, 9.17) is 0 Å². The van der Waals surface area contributed by atoms with E-state index in [9.17, 15) is 9.59 Å². The molecule has 0 saturated carbocycles. The van der Waals surface area contributed by atoms with Crippen molar-refractivity contribution in [1.29, 1.82) is 0 Å². The molecule has 2 fully saturated rings. The van der Waals surface area contributed by atoms with Crippen molar-refractivity contribution in [3.63, 3.8) is 0 Å². The lowest BCUT2D eigenvalue weighted by atomic mass is 9.87. The normalized spacial score (nSPS) is 20.2. The van der Waals surface area contributed by atoms with Crippen LogP contribution in [0.4, 0.5) is 0 Å². The smallest absolute Gasteiger partial charge is 0.251 e. The fourth-order valence-corrected chi connectivity index (χ4v) is 3.98. The number of likely N-dealkylation sites (tertiary alicyclic amines) is 1. The van der Waals surface area contributed by atoms with Crippen LogP contribution in [0.3, 0.4) is 0 Å². The summed E-state index contributed by atoms with van der Waals surface area (Å²) in [6.45, 7) is 12.7. The van der Waals surface area contributed by atoms with Gasteiger partial charge in [0.15, 0.2) is 0 Å². The lowest BCUT2D eigenvalue weighted by molar-refractivity contribution is -0.130. The molecule has 6 nitrogen and oxygen atoms in total. The van der Waals surface area contributed by atoms with Crippen LogP contribution in [0.15, 0.2) is 24.3 Å². The maximum Gasteiger partial charge on any atom is 0.251 e. The topological polar surface area (TPSA) is 64.7 Å². The SMILES string of the molecule is CC(C)(C)c1ccc(C(=O)NCCC(=O)N2CCC(N3CCNCC3)C2)cc1.Cl. The van der Waals surface area contributed by atoms with Crippen LogP contribution in [-0.2, 0) is 10.2 Å². The van der Waals surface area contributed by atoms with Crippen molar-refractivity contribution in [2.45, 2.75) is 45.1 Å². The molecule has 1 aromatic carbocycles. The van der Waals surface area contributed by atoms with E-state index in [0.717, 1.165) is 45.7 Å². The van der Waals surface area contributed by atoms with E-state index in [1.165, 1.54) is 5.56 Å². The monoisotopic (exact) mass is 422 g/mol. The fraction of sp³-hybridized carbons (Fsp3) is 0.636. The molecule has 29 heavy (non-hydrogen) atoms. The van der Waals surface area contributed by atoms with Crippen LogP contribution in [-0.4, -0.2) is 73.5 Å². The molecular weight excluding hydrogens is 388 g/mol. The molecule has 2 saturated heterocycles. The Morgan fingerprint density at radius 3 is 2.38 bits per heavy atom. The van der Waals surface area contributed by atoms with Crippen molar-refractivity contribution >= 4 is 24.2 Å². The summed E-state index contributed by atoms with van der Waals surface area (Å²) in [5.41, 5.74) is 1.91. The van der Waals surface area contributed by atoms with E-state index < -0.39 is 0 Å². The van der Waals surface area contributed by atoms with E-state index in [-0.39, 0.29) is 29.6 Å². The number of carbonyl (C=O) groups excluding carboxylic acids is 2. The van der Waals surface area contributed by atoms with Crippen molar-refractivity contribution in [3.8, 4) is 0 Å². The third-order valence-electron chi connectivity index (χ3n) is 5.82. The van der Waals surface area contributed by atoms with E-state index >= 15 is 0 Å². The second-order valence-corrected chi connectivity index (χ2v) is 8.90. The fourth-order valence-electron chi connectivity index (χ4n) is 3.98. The summed E-state index contributed by atoms with van der Waals surface area (Å²) in [7, 11) is 0. The average molecular weight is 423 g/mol. The predicted octanol–water partition coefficient (Wildman–Crippen LogP) is 2.03. The lowest BCUT2D eigenvalue weighted by Gasteiger charge is -2.32. The third kappa shape index (κ3) is 6.43. The second-order valence-electron chi connectivity index (χ2n) is 8.90. The number of carbonyl (C=O) groups is 2. The van der Waals surface area contributed by atoms with Gasteiger partial charge in [0.25, 0.3) is 5.91 Å². The van der Waals surface area contributed by atoms with Crippen molar-refractivity contribution < 1.29 is 9.59 Å². The third-order valence-corrected chi connectivity index (χ3v) is 5.82. The molecule has 2 aliphatic heterocycles. The van der Waals surface area contributed by atoms with Gasteiger partial charge >= 0.3 is 0 Å². The molecule has 1 aromatic rings. The molecule has 3 rings (SSSR count). The van der Waals surface area contributed by atoms with Gasteiger partial charge in [-0.15, -0.1) is 12.4 Å². The number of piperazine rings is 1. The highest BCUT2D eigenvalue weighted by molar-refractivity contribution is 5.94. The van der Waals surface area contributed by atoms with Gasteiger partial charge in [-0.3, -0.25) is 14.5 Å². The van der Waals surface area contributed by atoms with Crippen LogP contribution < -0.4 is 10.6 Å². The van der Waals surface area contributed by atoms with Crippen molar-refractivity contribution in [2.75, 3.05) is 45.8 Å². The van der Waals surface area contributed by atoms with Crippen molar-refractivity contribution in [2.24, 2.45) is 0 Å². The Morgan fingerprint density at radius 2 is 1.76 bits per heavy atom. The molecule has 1 atom stereocenters. The summed E-state index contributed by atoms with van der Waals surface area (Å²) >= 11 is 0. The Labute approximate surface area is 180 Å². The first-order valence-corrected chi connectivity index (χ1v) is 10.5. The van der Waals surface area contributed by atoms with Crippen LogP contribution in [0.5, 0.6) is 0 Å². The Balaban J connectivity index is 0.00000300. The molecule has 0 spiro atoms. The molecule has 0 radical (unpaired) electrons. The van der Waals surface area contributed by atoms with Crippen LogP contribution in [0.2, 0.25) is 0 Å². The standard InChI is InChI=1S/C22H34N4O2.ClH/c1-22(2,3)18-6-4-17(5-7-18)21(28)24-10-8-20(27)26-13-9-19(16-26)25-14-11-23-12-15-25;/h4-7,19,23H,8-16H2,1-3H3,(H,24,28);1H. The van der Waals surface area contributed by atoms with Crippen LogP contribution >= 0.6 is 12.4 Å². The number of rotatable bonds is 5. The summed E-state index contributed by atoms with van der Waals surface area (Å²) < 4.78 is 0. The second kappa shape index (κ2) is 10.4. The van der Waals surface area contributed by atoms with Gasteiger partial charge in [0.2, 0.25) is 5.91 Å². The summed E-state index contributed by atoms with van der Waals surface area (Å²) in [6, 6.07) is 8.20. The maximum atomic E-state index is 12.5. The number of hydrogen-bond donors (Lipinski definition) is 2. The molecule has 2 amide bonds. The number of benzene rings is 1. The molecular formula is C22H35ClN4O2. The van der Waals surface area contributed by atoms with Gasteiger partial charge in [-0.2, -0.15) is 0 Å². The van der Waals surface area contributed by atoms with Gasteiger partial charge in [-0.1, -0.05) is 32.9 Å². The Bertz CT molecular complexity index is 681. The molecule has 1 unspecified atom stereocenters. The average Bonchev–Trinajstić information content (AvgIpc) is 3.18. The minimum Gasteiger partial charge on any atom is -0.352 e. The lowest BCUT2D eigenvalue weighted by Crippen LogP contribution is -2.49. The predicted molar refractivity (Wildman–Crippen MR) is 119 cm³/mol. The first-order chi connectivity index (χ1) is 13.3. The summed E-state index contributed by atoms with van der Waals surface area (Å²) in [5.74, 6) is 0.0226. The number of hydrogen-bond acceptors (Lipinski definition) is 4. The van der Waals surface area contributed by atoms with Crippen LogP contribution in [0.1, 0.15) is 49.5 Å². The number of halogens is 1. The molecule has 7 heteroatoms. The highest BCUT2D eigenvalue weighted by Gasteiger charge is 2.30. The first kappa shape index (κ1) is 23.6. The minimum absolute atomic E-state index is 0. The molecule has 0 aliphatic carbocycles. The first-order valence-electron chi connectivity index (χ1n) is 10.5. The minimum atomic E-state index is -0.117. The highest BCUT2D eigenvalue weighted by Crippen LogP contribution is 2.22. The van der Waals surface area contributed by atoms with E-state index in [1.54, 1.807) is 0 Å². The van der Waals surface area contributed by atoms with Crippen LogP contribution in [0.25, 0.3) is 0 Å². The van der Waals surface area contributed by atoms with Gasteiger partial charge in [-0.05, 0) is 29.5 Å². The number of amides is 2. The summed E-state index contributed by atoms with van der Waals surface area (Å²) in [5, 5.41) is 6.25. The molecule has 2 aliphatic rings. The quantitative estimate of drug-likeness (QED) is 0.762. The zero-order chi connectivity index (χ0) is 20.1. The van der Waals surface area contributed by atoms with Gasteiger partial charge in [0.05, 0.1) is 0 Å². The Hall–Kier alpha value is -1.63. The van der Waals surface area contributed by atoms with Gasteiger partial charge in [0, 0.05) is 63.8 Å². The molecule has 2 N–H and O–H groups in total.